The van der Waals surface area contributed by atoms with E-state index in [1.54, 1.807) is 79.7 Å². The highest BCUT2D eigenvalue weighted by atomic mass is 35.5. The third kappa shape index (κ3) is 8.92. The van der Waals surface area contributed by atoms with E-state index in [9.17, 15) is 24.5 Å². The maximum atomic E-state index is 13.4. The highest BCUT2D eigenvalue weighted by Gasteiger charge is 2.18. The van der Waals surface area contributed by atoms with Crippen molar-refractivity contribution in [2.24, 2.45) is 0 Å². The van der Waals surface area contributed by atoms with E-state index in [1.807, 2.05) is 0 Å². The maximum absolute atomic E-state index is 13.4. The molecule has 0 bridgehead atoms. The molecule has 0 saturated carbocycles. The largest absolute Gasteiger partial charge is 0.324 e. The Balaban J connectivity index is 1.50. The predicted octanol–water partition coefficient (Wildman–Crippen LogP) is 7.43. The Labute approximate surface area is 261 Å². The zero-order chi connectivity index (χ0) is 30.9. The molecule has 0 heterocycles. The summed E-state index contributed by atoms with van der Waals surface area (Å²) in [5, 5.41) is 19.5. The van der Waals surface area contributed by atoms with Crippen LogP contribution in [0.2, 0.25) is 10.0 Å². The van der Waals surface area contributed by atoms with Crippen LogP contribution in [0.4, 0.5) is 17.1 Å². The second kappa shape index (κ2) is 14.5. The van der Waals surface area contributed by atoms with Crippen molar-refractivity contribution < 1.29 is 19.3 Å². The van der Waals surface area contributed by atoms with Gasteiger partial charge in [-0.1, -0.05) is 47.5 Å². The molecule has 0 aliphatic heterocycles. The van der Waals surface area contributed by atoms with Gasteiger partial charge >= 0.3 is 0 Å². The van der Waals surface area contributed by atoms with Gasteiger partial charge in [-0.25, -0.2) is 0 Å². The van der Waals surface area contributed by atoms with Gasteiger partial charge < -0.3 is 16.0 Å². The molecule has 4 aromatic carbocycles. The van der Waals surface area contributed by atoms with Crippen LogP contribution < -0.4 is 16.0 Å². The SMILES string of the molecule is CC(Sc1cccc(NC(=O)/C(=C\c2ccc([N+](=O)[O-])cc2)NC(=O)c2ccccc2)c1)C(=O)Nc1cc(Cl)ccc1Cl. The Bertz CT molecular complexity index is 1700. The number of thioether (sulfide) groups is 1. The minimum atomic E-state index is -0.619. The van der Waals surface area contributed by atoms with E-state index in [0.717, 1.165) is 0 Å². The monoisotopic (exact) mass is 634 g/mol. The molecule has 218 valence electrons. The molecule has 0 aromatic heterocycles. The van der Waals surface area contributed by atoms with Crippen LogP contribution in [0.1, 0.15) is 22.8 Å². The normalized spacial score (nSPS) is 11.7. The molecule has 12 heteroatoms. The lowest BCUT2D eigenvalue weighted by Gasteiger charge is -2.15. The number of amides is 3. The number of carbonyl (C=O) groups is 3. The van der Waals surface area contributed by atoms with E-state index in [0.29, 0.717) is 37.4 Å². The van der Waals surface area contributed by atoms with Crippen molar-refractivity contribution in [2.75, 3.05) is 10.6 Å². The number of carbonyl (C=O) groups excluding carboxylic acids is 3. The van der Waals surface area contributed by atoms with E-state index in [4.69, 9.17) is 23.2 Å². The molecule has 3 N–H and O–H groups in total. The molecule has 4 rings (SSSR count). The average molecular weight is 636 g/mol. The number of nitro groups is 1. The van der Waals surface area contributed by atoms with Crippen molar-refractivity contribution in [1.29, 1.82) is 0 Å². The van der Waals surface area contributed by atoms with Crippen LogP contribution in [0.25, 0.3) is 6.08 Å². The standard InChI is InChI=1S/C31H24Cl2N4O5S/c1-19(29(38)35-27-17-22(32)12-15-26(27)33)43-25-9-5-8-23(18-25)34-31(40)28(36-30(39)21-6-3-2-4-7-21)16-20-10-13-24(14-11-20)37(41)42/h2-19H,1H3,(H,34,40)(H,35,38)(H,36,39)/b28-16+. The molecule has 0 spiro atoms. The van der Waals surface area contributed by atoms with Gasteiger partial charge in [-0.05, 0) is 79.2 Å². The van der Waals surface area contributed by atoms with Crippen molar-refractivity contribution in [3.8, 4) is 0 Å². The first-order valence-electron chi connectivity index (χ1n) is 12.8. The second-order valence-electron chi connectivity index (χ2n) is 9.08. The van der Waals surface area contributed by atoms with Gasteiger partial charge in [0.2, 0.25) is 5.91 Å². The average Bonchev–Trinajstić information content (AvgIpc) is 2.99. The minimum Gasteiger partial charge on any atom is -0.324 e. The maximum Gasteiger partial charge on any atom is 0.272 e. The molecule has 1 atom stereocenters. The van der Waals surface area contributed by atoms with Gasteiger partial charge in [0.1, 0.15) is 5.70 Å². The summed E-state index contributed by atoms with van der Waals surface area (Å²) in [5.41, 5.74) is 1.44. The quantitative estimate of drug-likeness (QED) is 0.0719. The Morgan fingerprint density at radius 1 is 0.884 bits per heavy atom. The van der Waals surface area contributed by atoms with Crippen molar-refractivity contribution in [3.63, 3.8) is 0 Å². The zero-order valence-electron chi connectivity index (χ0n) is 22.5. The smallest absolute Gasteiger partial charge is 0.272 e. The lowest BCUT2D eigenvalue weighted by atomic mass is 10.1. The minimum absolute atomic E-state index is 0.0769. The number of hydrogen-bond donors (Lipinski definition) is 3. The fourth-order valence-electron chi connectivity index (χ4n) is 3.73. The van der Waals surface area contributed by atoms with Crippen molar-refractivity contribution >= 4 is 75.8 Å². The fourth-order valence-corrected chi connectivity index (χ4v) is 5.00. The highest BCUT2D eigenvalue weighted by Crippen LogP contribution is 2.29. The van der Waals surface area contributed by atoms with E-state index >= 15 is 0 Å². The van der Waals surface area contributed by atoms with Crippen LogP contribution in [0.5, 0.6) is 0 Å². The number of anilines is 2. The van der Waals surface area contributed by atoms with Gasteiger partial charge in [0.25, 0.3) is 17.5 Å². The van der Waals surface area contributed by atoms with E-state index in [2.05, 4.69) is 16.0 Å². The van der Waals surface area contributed by atoms with Crippen LogP contribution in [0.3, 0.4) is 0 Å². The van der Waals surface area contributed by atoms with Crippen molar-refractivity contribution in [2.45, 2.75) is 17.1 Å². The third-order valence-electron chi connectivity index (χ3n) is 5.90. The fraction of sp³-hybridized carbons (Fsp3) is 0.0645. The van der Waals surface area contributed by atoms with Gasteiger partial charge in [0, 0.05) is 33.3 Å². The predicted molar refractivity (Wildman–Crippen MR) is 170 cm³/mol. The number of hydrogen-bond acceptors (Lipinski definition) is 6. The highest BCUT2D eigenvalue weighted by molar-refractivity contribution is 8.00. The summed E-state index contributed by atoms with van der Waals surface area (Å²) in [6.07, 6.45) is 1.42. The lowest BCUT2D eigenvalue weighted by molar-refractivity contribution is -0.384. The van der Waals surface area contributed by atoms with Crippen molar-refractivity contribution in [3.05, 3.63) is 134 Å². The molecule has 9 nitrogen and oxygen atoms in total. The molecule has 4 aromatic rings. The summed E-state index contributed by atoms with van der Waals surface area (Å²) in [6, 6.07) is 25.6. The number of benzene rings is 4. The molecule has 0 saturated heterocycles. The Morgan fingerprint density at radius 3 is 2.30 bits per heavy atom. The summed E-state index contributed by atoms with van der Waals surface area (Å²) in [5.74, 6) is -1.42. The van der Waals surface area contributed by atoms with Gasteiger partial charge in [-0.3, -0.25) is 24.5 Å². The molecule has 0 radical (unpaired) electrons. The van der Waals surface area contributed by atoms with E-state index in [-0.39, 0.29) is 17.3 Å². The Kier molecular flexibility index (Phi) is 10.6. The third-order valence-corrected chi connectivity index (χ3v) is 7.56. The first-order chi connectivity index (χ1) is 20.6. The Hall–Kier alpha value is -4.64. The van der Waals surface area contributed by atoms with Crippen LogP contribution >= 0.6 is 35.0 Å². The summed E-state index contributed by atoms with van der Waals surface area (Å²) in [4.78, 5) is 50.2. The first-order valence-corrected chi connectivity index (χ1v) is 14.4. The summed E-state index contributed by atoms with van der Waals surface area (Å²) >= 11 is 13.4. The van der Waals surface area contributed by atoms with E-state index in [1.165, 1.54) is 42.1 Å². The van der Waals surface area contributed by atoms with Crippen molar-refractivity contribution in [1.82, 2.24) is 5.32 Å². The number of nitro benzene ring substituents is 1. The van der Waals surface area contributed by atoms with Gasteiger partial charge in [-0.15, -0.1) is 11.8 Å². The molecule has 3 amide bonds. The van der Waals surface area contributed by atoms with Gasteiger partial charge in [0.15, 0.2) is 0 Å². The summed E-state index contributed by atoms with van der Waals surface area (Å²) in [7, 11) is 0. The van der Waals surface area contributed by atoms with Crippen LogP contribution in [0.15, 0.2) is 108 Å². The second-order valence-corrected chi connectivity index (χ2v) is 11.3. The molecule has 0 aliphatic rings. The van der Waals surface area contributed by atoms with Gasteiger partial charge in [-0.2, -0.15) is 0 Å². The molecule has 0 fully saturated rings. The van der Waals surface area contributed by atoms with Crippen LogP contribution in [0, 0.1) is 10.1 Å². The van der Waals surface area contributed by atoms with E-state index < -0.39 is 22.0 Å². The number of halogens is 2. The molecule has 1 unspecified atom stereocenters. The lowest BCUT2D eigenvalue weighted by Crippen LogP contribution is -2.30. The van der Waals surface area contributed by atoms with Crippen LogP contribution in [-0.4, -0.2) is 27.9 Å². The molecular formula is C31H24Cl2N4O5S. The number of rotatable bonds is 10. The first kappa shape index (κ1) is 31.3. The number of nitrogens with zero attached hydrogens (tertiary/aromatic N) is 1. The van der Waals surface area contributed by atoms with Gasteiger partial charge in [0.05, 0.1) is 20.9 Å². The number of nitrogens with one attached hydrogen (secondary N) is 3. The Morgan fingerprint density at radius 2 is 1.60 bits per heavy atom. The molecular weight excluding hydrogens is 611 g/mol. The summed E-state index contributed by atoms with van der Waals surface area (Å²) < 4.78 is 0. The molecule has 43 heavy (non-hydrogen) atoms. The zero-order valence-corrected chi connectivity index (χ0v) is 24.9. The topological polar surface area (TPSA) is 130 Å². The summed E-state index contributed by atoms with van der Waals surface area (Å²) in [6.45, 7) is 1.73. The molecule has 0 aliphatic carbocycles. The number of non-ortho nitro benzene ring substituents is 1. The van der Waals surface area contributed by atoms with Crippen LogP contribution in [-0.2, 0) is 9.59 Å².